The first-order valence-corrected chi connectivity index (χ1v) is 5.98. The van der Waals surface area contributed by atoms with Crippen molar-refractivity contribution in [3.8, 4) is 0 Å². The molecule has 14 heavy (non-hydrogen) atoms. The third kappa shape index (κ3) is 3.58. The molecule has 0 aromatic rings. The van der Waals surface area contributed by atoms with Crippen LogP contribution in [0, 0.1) is 5.41 Å². The molecule has 0 spiro atoms. The van der Waals surface area contributed by atoms with E-state index in [1.165, 1.54) is 32.2 Å². The van der Waals surface area contributed by atoms with Crippen LogP contribution in [0.15, 0.2) is 0 Å². The van der Waals surface area contributed by atoms with E-state index in [1.54, 1.807) is 7.11 Å². The molecule has 1 aliphatic rings. The Kier molecular flexibility index (Phi) is 4.90. The number of rotatable bonds is 8. The summed E-state index contributed by atoms with van der Waals surface area (Å²) in [6.07, 6.45) is 6.73. The maximum absolute atomic E-state index is 5.18. The van der Waals surface area contributed by atoms with Gasteiger partial charge in [0.15, 0.2) is 0 Å². The van der Waals surface area contributed by atoms with Crippen molar-refractivity contribution in [3.63, 3.8) is 0 Å². The van der Waals surface area contributed by atoms with Crippen LogP contribution in [0.1, 0.15) is 46.0 Å². The number of ether oxygens (including phenoxy) is 1. The summed E-state index contributed by atoms with van der Waals surface area (Å²) in [5.74, 6) is 0. The quantitative estimate of drug-likeness (QED) is 0.649. The molecule has 1 aliphatic carbocycles. The Morgan fingerprint density at radius 3 is 2.50 bits per heavy atom. The average Bonchev–Trinajstić information content (AvgIpc) is 2.94. The van der Waals surface area contributed by atoms with E-state index in [4.69, 9.17) is 4.74 Å². The van der Waals surface area contributed by atoms with Crippen LogP contribution in [-0.2, 0) is 4.74 Å². The zero-order chi connectivity index (χ0) is 10.4. The van der Waals surface area contributed by atoms with E-state index in [-0.39, 0.29) is 0 Å². The molecule has 0 bridgehead atoms. The average molecular weight is 199 g/mol. The van der Waals surface area contributed by atoms with Crippen LogP contribution in [0.4, 0.5) is 0 Å². The highest BCUT2D eigenvalue weighted by atomic mass is 16.5. The minimum atomic E-state index is 0.550. The molecule has 1 N–H and O–H groups in total. The largest absolute Gasteiger partial charge is 0.383 e. The SMILES string of the molecule is CCCC1(CNC(CC)COC)CC1. The lowest BCUT2D eigenvalue weighted by Crippen LogP contribution is -2.36. The summed E-state index contributed by atoms with van der Waals surface area (Å²) in [5, 5.41) is 3.63. The van der Waals surface area contributed by atoms with Crippen molar-refractivity contribution >= 4 is 0 Å². The minimum Gasteiger partial charge on any atom is -0.383 e. The first-order valence-electron chi connectivity index (χ1n) is 5.98. The molecule has 2 heteroatoms. The van der Waals surface area contributed by atoms with Gasteiger partial charge >= 0.3 is 0 Å². The third-order valence-electron chi connectivity index (χ3n) is 3.36. The summed E-state index contributed by atoms with van der Waals surface area (Å²) in [6, 6.07) is 0.550. The summed E-state index contributed by atoms with van der Waals surface area (Å²) in [4.78, 5) is 0. The summed E-state index contributed by atoms with van der Waals surface area (Å²) in [6.45, 7) is 6.55. The molecule has 84 valence electrons. The van der Waals surface area contributed by atoms with Gasteiger partial charge in [0.1, 0.15) is 0 Å². The Balaban J connectivity index is 2.17. The van der Waals surface area contributed by atoms with Gasteiger partial charge in [-0.25, -0.2) is 0 Å². The van der Waals surface area contributed by atoms with Gasteiger partial charge in [-0.1, -0.05) is 20.3 Å². The molecule has 0 saturated heterocycles. The lowest BCUT2D eigenvalue weighted by Gasteiger charge is -2.21. The van der Waals surface area contributed by atoms with Gasteiger partial charge in [-0.15, -0.1) is 0 Å². The van der Waals surface area contributed by atoms with E-state index >= 15 is 0 Å². The minimum absolute atomic E-state index is 0.550. The van der Waals surface area contributed by atoms with Crippen molar-refractivity contribution in [1.29, 1.82) is 0 Å². The molecule has 1 atom stereocenters. The third-order valence-corrected chi connectivity index (χ3v) is 3.36. The van der Waals surface area contributed by atoms with Gasteiger partial charge in [0.25, 0.3) is 0 Å². The molecule has 1 unspecified atom stereocenters. The van der Waals surface area contributed by atoms with E-state index in [2.05, 4.69) is 19.2 Å². The molecule has 0 radical (unpaired) electrons. The molecule has 1 fully saturated rings. The Morgan fingerprint density at radius 1 is 1.36 bits per heavy atom. The van der Waals surface area contributed by atoms with Crippen LogP contribution in [0.2, 0.25) is 0 Å². The van der Waals surface area contributed by atoms with Crippen molar-refractivity contribution in [2.24, 2.45) is 5.41 Å². The van der Waals surface area contributed by atoms with Crippen molar-refractivity contribution in [2.45, 2.75) is 52.0 Å². The van der Waals surface area contributed by atoms with Crippen LogP contribution >= 0.6 is 0 Å². The molecule has 2 nitrogen and oxygen atoms in total. The fourth-order valence-corrected chi connectivity index (χ4v) is 2.11. The summed E-state index contributed by atoms with van der Waals surface area (Å²) < 4.78 is 5.18. The highest BCUT2D eigenvalue weighted by Gasteiger charge is 2.41. The van der Waals surface area contributed by atoms with Gasteiger partial charge in [0.05, 0.1) is 6.61 Å². The van der Waals surface area contributed by atoms with E-state index in [1.807, 2.05) is 0 Å². The second-order valence-electron chi connectivity index (χ2n) is 4.69. The number of nitrogens with one attached hydrogen (secondary N) is 1. The maximum atomic E-state index is 5.18. The molecule has 0 heterocycles. The van der Waals surface area contributed by atoms with E-state index in [0.29, 0.717) is 11.5 Å². The van der Waals surface area contributed by atoms with Crippen LogP contribution in [0.25, 0.3) is 0 Å². The smallest absolute Gasteiger partial charge is 0.0615 e. The van der Waals surface area contributed by atoms with Gasteiger partial charge in [0, 0.05) is 19.7 Å². The number of methoxy groups -OCH3 is 1. The van der Waals surface area contributed by atoms with E-state index in [9.17, 15) is 0 Å². The molecule has 1 saturated carbocycles. The Hall–Kier alpha value is -0.0800. The van der Waals surface area contributed by atoms with E-state index < -0.39 is 0 Å². The lowest BCUT2D eigenvalue weighted by atomic mass is 10.0. The lowest BCUT2D eigenvalue weighted by molar-refractivity contribution is 0.160. The summed E-state index contributed by atoms with van der Waals surface area (Å²) >= 11 is 0. The van der Waals surface area contributed by atoms with Gasteiger partial charge in [-0.2, -0.15) is 0 Å². The van der Waals surface area contributed by atoms with Gasteiger partial charge < -0.3 is 10.1 Å². The van der Waals surface area contributed by atoms with Crippen molar-refractivity contribution in [1.82, 2.24) is 5.32 Å². The van der Waals surface area contributed by atoms with Gasteiger partial charge in [0.2, 0.25) is 0 Å². The highest BCUT2D eigenvalue weighted by molar-refractivity contribution is 4.94. The topological polar surface area (TPSA) is 21.3 Å². The maximum Gasteiger partial charge on any atom is 0.0615 e. The molecular formula is C12H25NO. The van der Waals surface area contributed by atoms with Gasteiger partial charge in [-0.3, -0.25) is 0 Å². The van der Waals surface area contributed by atoms with Crippen LogP contribution in [-0.4, -0.2) is 26.3 Å². The predicted molar refractivity (Wildman–Crippen MR) is 60.5 cm³/mol. The Bertz CT molecular complexity index is 154. The zero-order valence-corrected chi connectivity index (χ0v) is 9.94. The molecule has 0 aromatic heterocycles. The standard InChI is InChI=1S/C12H25NO/c1-4-6-12(7-8-12)10-13-11(5-2)9-14-3/h11,13H,4-10H2,1-3H3. The first-order chi connectivity index (χ1) is 6.76. The van der Waals surface area contributed by atoms with Crippen LogP contribution in [0.3, 0.4) is 0 Å². The number of hydrogen-bond donors (Lipinski definition) is 1. The second kappa shape index (κ2) is 5.72. The Morgan fingerprint density at radius 2 is 2.07 bits per heavy atom. The molecule has 0 amide bonds. The summed E-state index contributed by atoms with van der Waals surface area (Å²) in [5.41, 5.74) is 0.663. The second-order valence-corrected chi connectivity index (χ2v) is 4.69. The van der Waals surface area contributed by atoms with Crippen LogP contribution < -0.4 is 5.32 Å². The van der Waals surface area contributed by atoms with Crippen molar-refractivity contribution < 1.29 is 4.74 Å². The highest BCUT2D eigenvalue weighted by Crippen LogP contribution is 2.48. The van der Waals surface area contributed by atoms with E-state index in [0.717, 1.165) is 13.0 Å². The Labute approximate surface area is 88.4 Å². The predicted octanol–water partition coefficient (Wildman–Crippen LogP) is 2.58. The molecule has 1 rings (SSSR count). The van der Waals surface area contributed by atoms with Crippen molar-refractivity contribution in [3.05, 3.63) is 0 Å². The molecular weight excluding hydrogens is 174 g/mol. The summed E-state index contributed by atoms with van der Waals surface area (Å²) in [7, 11) is 1.78. The monoisotopic (exact) mass is 199 g/mol. The fraction of sp³-hybridized carbons (Fsp3) is 1.00. The number of hydrogen-bond acceptors (Lipinski definition) is 2. The van der Waals surface area contributed by atoms with Crippen LogP contribution in [0.5, 0.6) is 0 Å². The molecule has 0 aliphatic heterocycles. The van der Waals surface area contributed by atoms with Gasteiger partial charge in [-0.05, 0) is 31.1 Å². The normalized spacial score (nSPS) is 20.8. The zero-order valence-electron chi connectivity index (χ0n) is 9.94. The fourth-order valence-electron chi connectivity index (χ4n) is 2.11. The molecule has 0 aromatic carbocycles. The first kappa shape index (κ1) is 12.0. The van der Waals surface area contributed by atoms with Crippen molar-refractivity contribution in [2.75, 3.05) is 20.3 Å².